The zero-order valence-corrected chi connectivity index (χ0v) is 14.7. The van der Waals surface area contributed by atoms with Crippen molar-refractivity contribution in [1.82, 2.24) is 9.71 Å². The number of rotatable bonds is 4. The molecule has 0 spiro atoms. The minimum atomic E-state index is -3.69. The molecule has 0 saturated carbocycles. The number of hydrogen-bond donors (Lipinski definition) is 2. The molecule has 1 atom stereocenters. The van der Waals surface area contributed by atoms with E-state index in [0.29, 0.717) is 17.8 Å². The zero-order chi connectivity index (χ0) is 17.2. The van der Waals surface area contributed by atoms with Crippen LogP contribution in [0.3, 0.4) is 0 Å². The molecule has 2 aromatic rings. The van der Waals surface area contributed by atoms with Gasteiger partial charge in [0.05, 0.1) is 22.8 Å². The second-order valence-electron chi connectivity index (χ2n) is 5.48. The monoisotopic (exact) mass is 363 g/mol. The Morgan fingerprint density at radius 1 is 1.33 bits per heavy atom. The van der Waals surface area contributed by atoms with Crippen LogP contribution >= 0.6 is 11.8 Å². The van der Waals surface area contributed by atoms with E-state index < -0.39 is 10.0 Å². The average molecular weight is 363 g/mol. The Morgan fingerprint density at radius 2 is 2.17 bits per heavy atom. The first-order chi connectivity index (χ1) is 11.4. The van der Waals surface area contributed by atoms with Crippen molar-refractivity contribution in [3.8, 4) is 0 Å². The van der Waals surface area contributed by atoms with Crippen molar-refractivity contribution in [2.45, 2.75) is 34.9 Å². The van der Waals surface area contributed by atoms with Crippen LogP contribution in [0.4, 0.5) is 5.69 Å². The van der Waals surface area contributed by atoms with E-state index in [9.17, 15) is 13.2 Å². The molecule has 2 N–H and O–H groups in total. The minimum absolute atomic E-state index is 0.107. The van der Waals surface area contributed by atoms with E-state index in [1.807, 2.05) is 6.92 Å². The van der Waals surface area contributed by atoms with Crippen LogP contribution in [0, 0.1) is 0 Å². The van der Waals surface area contributed by atoms with Crippen molar-refractivity contribution in [2.75, 3.05) is 5.32 Å². The van der Waals surface area contributed by atoms with Crippen molar-refractivity contribution in [3.05, 3.63) is 48.3 Å². The summed E-state index contributed by atoms with van der Waals surface area (Å²) in [6, 6.07) is 10.1. The van der Waals surface area contributed by atoms with Gasteiger partial charge in [-0.05, 0) is 30.3 Å². The van der Waals surface area contributed by atoms with Gasteiger partial charge >= 0.3 is 0 Å². The van der Waals surface area contributed by atoms with Gasteiger partial charge in [0.15, 0.2) is 0 Å². The van der Waals surface area contributed by atoms with Crippen LogP contribution in [-0.2, 0) is 21.4 Å². The molecule has 3 rings (SSSR count). The third-order valence-electron chi connectivity index (χ3n) is 3.51. The molecule has 0 fully saturated rings. The molecule has 1 aromatic carbocycles. The second kappa shape index (κ2) is 6.92. The molecule has 6 nitrogen and oxygen atoms in total. The molecule has 8 heteroatoms. The van der Waals surface area contributed by atoms with Crippen molar-refractivity contribution in [2.24, 2.45) is 0 Å². The molecular weight excluding hydrogens is 346 g/mol. The Bertz CT molecular complexity index is 854. The van der Waals surface area contributed by atoms with Crippen molar-refractivity contribution < 1.29 is 13.2 Å². The van der Waals surface area contributed by atoms with Gasteiger partial charge in [-0.25, -0.2) is 13.1 Å². The molecule has 1 aliphatic rings. The number of fused-ring (bicyclic) bond motifs is 1. The van der Waals surface area contributed by atoms with Crippen molar-refractivity contribution in [3.63, 3.8) is 0 Å². The molecule has 0 unspecified atom stereocenters. The lowest BCUT2D eigenvalue weighted by Crippen LogP contribution is -2.24. The van der Waals surface area contributed by atoms with Gasteiger partial charge in [0.25, 0.3) is 0 Å². The average Bonchev–Trinajstić information content (AvgIpc) is 2.69. The number of amides is 1. The summed E-state index contributed by atoms with van der Waals surface area (Å²) in [5.74, 6) is -0.107. The molecule has 0 radical (unpaired) electrons. The fourth-order valence-corrected chi connectivity index (χ4v) is 4.43. The van der Waals surface area contributed by atoms with Crippen LogP contribution in [0.25, 0.3) is 0 Å². The molecule has 0 aliphatic carbocycles. The Labute approximate surface area is 145 Å². The van der Waals surface area contributed by atoms with Crippen LogP contribution in [-0.4, -0.2) is 24.6 Å². The first-order valence-corrected chi connectivity index (χ1v) is 9.80. The van der Waals surface area contributed by atoms with Crippen LogP contribution in [0.1, 0.15) is 19.0 Å². The zero-order valence-electron chi connectivity index (χ0n) is 13.0. The molecule has 1 amide bonds. The summed E-state index contributed by atoms with van der Waals surface area (Å²) in [6.45, 7) is 2.08. The highest BCUT2D eigenvalue weighted by Gasteiger charge is 2.22. The number of anilines is 1. The number of nitrogens with one attached hydrogen (secondary N) is 2. The Hall–Kier alpha value is -1.90. The van der Waals surface area contributed by atoms with Gasteiger partial charge in [-0.15, -0.1) is 11.8 Å². The number of hydrogen-bond acceptors (Lipinski definition) is 5. The Kier molecular flexibility index (Phi) is 4.88. The van der Waals surface area contributed by atoms with E-state index >= 15 is 0 Å². The van der Waals surface area contributed by atoms with Gasteiger partial charge in [-0.2, -0.15) is 0 Å². The van der Waals surface area contributed by atoms with Gasteiger partial charge in [0, 0.05) is 22.8 Å². The number of aromatic nitrogens is 1. The van der Waals surface area contributed by atoms with E-state index in [4.69, 9.17) is 0 Å². The molecule has 126 valence electrons. The molecule has 2 heterocycles. The van der Waals surface area contributed by atoms with Crippen LogP contribution in [0.5, 0.6) is 0 Å². The SMILES string of the molecule is C[C@H]1CC(=O)Nc2cc(S(=O)(=O)NCc3ccccn3)ccc2S1. The summed E-state index contributed by atoms with van der Waals surface area (Å²) in [6.07, 6.45) is 2.01. The summed E-state index contributed by atoms with van der Waals surface area (Å²) >= 11 is 1.56. The first-order valence-electron chi connectivity index (χ1n) is 7.44. The van der Waals surface area contributed by atoms with E-state index in [1.165, 1.54) is 6.07 Å². The van der Waals surface area contributed by atoms with Crippen molar-refractivity contribution >= 4 is 33.4 Å². The molecule has 1 aliphatic heterocycles. The molecule has 24 heavy (non-hydrogen) atoms. The van der Waals surface area contributed by atoms with E-state index in [0.717, 1.165) is 4.90 Å². The topological polar surface area (TPSA) is 88.2 Å². The van der Waals surface area contributed by atoms with Crippen LogP contribution < -0.4 is 10.0 Å². The number of thioether (sulfide) groups is 1. The largest absolute Gasteiger partial charge is 0.325 e. The third kappa shape index (κ3) is 3.95. The number of sulfonamides is 1. The van der Waals surface area contributed by atoms with Gasteiger partial charge in [0.2, 0.25) is 15.9 Å². The first kappa shape index (κ1) is 16.9. The number of nitrogens with zero attached hydrogens (tertiary/aromatic N) is 1. The quantitative estimate of drug-likeness (QED) is 0.871. The summed E-state index contributed by atoms with van der Waals surface area (Å²) < 4.78 is 27.5. The molecule has 1 aromatic heterocycles. The lowest BCUT2D eigenvalue weighted by atomic mass is 10.3. The minimum Gasteiger partial charge on any atom is -0.325 e. The number of carbonyl (C=O) groups is 1. The van der Waals surface area contributed by atoms with Gasteiger partial charge < -0.3 is 5.32 Å². The standard InChI is InChI=1S/C16H17N3O3S2/c1-11-8-16(20)19-14-9-13(5-6-15(14)23-11)24(21,22)18-10-12-4-2-3-7-17-12/h2-7,9,11,18H,8,10H2,1H3,(H,19,20)/t11-/m0/s1. The smallest absolute Gasteiger partial charge is 0.240 e. The Balaban J connectivity index is 1.82. The second-order valence-corrected chi connectivity index (χ2v) is 8.73. The highest BCUT2D eigenvalue weighted by atomic mass is 32.2. The van der Waals surface area contributed by atoms with Crippen molar-refractivity contribution in [1.29, 1.82) is 0 Å². The summed E-state index contributed by atoms with van der Waals surface area (Å²) in [5, 5.41) is 2.92. The molecule has 0 bridgehead atoms. The van der Waals surface area contributed by atoms with E-state index in [2.05, 4.69) is 15.0 Å². The normalized spacial score (nSPS) is 17.7. The Morgan fingerprint density at radius 3 is 2.92 bits per heavy atom. The van der Waals surface area contributed by atoms with E-state index in [1.54, 1.807) is 48.3 Å². The van der Waals surface area contributed by atoms with E-state index in [-0.39, 0.29) is 22.6 Å². The maximum Gasteiger partial charge on any atom is 0.240 e. The predicted molar refractivity (Wildman–Crippen MR) is 93.3 cm³/mol. The number of pyridine rings is 1. The number of carbonyl (C=O) groups excluding carboxylic acids is 1. The predicted octanol–water partition coefficient (Wildman–Crippen LogP) is 2.38. The highest BCUT2D eigenvalue weighted by Crippen LogP contribution is 2.36. The highest BCUT2D eigenvalue weighted by molar-refractivity contribution is 8.00. The van der Waals surface area contributed by atoms with Gasteiger partial charge in [0.1, 0.15) is 0 Å². The van der Waals surface area contributed by atoms with Gasteiger partial charge in [-0.1, -0.05) is 13.0 Å². The number of benzene rings is 1. The lowest BCUT2D eigenvalue weighted by Gasteiger charge is -2.11. The maximum absolute atomic E-state index is 12.5. The summed E-state index contributed by atoms with van der Waals surface area (Å²) in [4.78, 5) is 16.9. The summed E-state index contributed by atoms with van der Waals surface area (Å²) in [5.41, 5.74) is 1.17. The van der Waals surface area contributed by atoms with Crippen LogP contribution in [0.2, 0.25) is 0 Å². The maximum atomic E-state index is 12.5. The van der Waals surface area contributed by atoms with Crippen LogP contribution in [0.15, 0.2) is 52.4 Å². The lowest BCUT2D eigenvalue weighted by molar-refractivity contribution is -0.116. The molecular formula is C16H17N3O3S2. The summed E-state index contributed by atoms with van der Waals surface area (Å²) in [7, 11) is -3.69. The fourth-order valence-electron chi connectivity index (χ4n) is 2.35. The van der Waals surface area contributed by atoms with Gasteiger partial charge in [-0.3, -0.25) is 9.78 Å². The molecule has 0 saturated heterocycles. The fraction of sp³-hybridized carbons (Fsp3) is 0.250. The third-order valence-corrected chi connectivity index (χ3v) is 6.08.